The van der Waals surface area contributed by atoms with Gasteiger partial charge in [-0.3, -0.25) is 4.79 Å². The van der Waals surface area contributed by atoms with E-state index < -0.39 is 0 Å². The largest absolute Gasteiger partial charge is 0.325 e. The quantitative estimate of drug-likeness (QED) is 0.425. The van der Waals surface area contributed by atoms with Gasteiger partial charge >= 0.3 is 6.03 Å². The second-order valence-electron chi connectivity index (χ2n) is 7.02. The maximum atomic E-state index is 12.5. The van der Waals surface area contributed by atoms with Gasteiger partial charge in [-0.1, -0.05) is 24.3 Å². The van der Waals surface area contributed by atoms with E-state index in [9.17, 15) is 9.59 Å². The topological polar surface area (TPSA) is 70.2 Å². The van der Waals surface area contributed by atoms with Crippen molar-refractivity contribution < 1.29 is 9.59 Å². The first kappa shape index (κ1) is 21.5. The first-order chi connectivity index (χ1) is 14.4. The highest BCUT2D eigenvalue weighted by Gasteiger charge is 2.15. The second-order valence-corrected chi connectivity index (χ2v) is 8.43. The van der Waals surface area contributed by atoms with Gasteiger partial charge in [-0.05, 0) is 80.4 Å². The van der Waals surface area contributed by atoms with E-state index in [1.807, 2.05) is 93.6 Å². The van der Waals surface area contributed by atoms with Crippen LogP contribution in [0.25, 0.3) is 0 Å². The minimum Gasteiger partial charge on any atom is -0.325 e. The summed E-state index contributed by atoms with van der Waals surface area (Å²) in [5.74, 6) is -0.0484. The van der Waals surface area contributed by atoms with E-state index in [2.05, 4.69) is 16.0 Å². The number of urea groups is 1. The normalized spacial score (nSPS) is 11.4. The molecule has 0 spiro atoms. The van der Waals surface area contributed by atoms with E-state index in [1.54, 1.807) is 0 Å². The lowest BCUT2D eigenvalue weighted by atomic mass is 10.1. The van der Waals surface area contributed by atoms with E-state index in [1.165, 1.54) is 17.3 Å². The van der Waals surface area contributed by atoms with Gasteiger partial charge in [0.2, 0.25) is 5.91 Å². The number of carbonyl (C=O) groups is 2. The number of aryl methyl sites for hydroxylation is 2. The summed E-state index contributed by atoms with van der Waals surface area (Å²) >= 11 is 1.47. The van der Waals surface area contributed by atoms with Gasteiger partial charge in [0, 0.05) is 22.0 Å². The molecule has 0 aliphatic carbocycles. The Bertz CT molecular complexity index is 1020. The lowest BCUT2D eigenvalue weighted by molar-refractivity contribution is -0.115. The van der Waals surface area contributed by atoms with Crippen LogP contribution in [0.15, 0.2) is 77.7 Å². The molecule has 3 aromatic carbocycles. The predicted octanol–water partition coefficient (Wildman–Crippen LogP) is 6.07. The van der Waals surface area contributed by atoms with E-state index >= 15 is 0 Å². The van der Waals surface area contributed by atoms with E-state index in [0.29, 0.717) is 5.69 Å². The maximum Gasteiger partial charge on any atom is 0.323 e. The molecule has 1 unspecified atom stereocenters. The molecule has 1 atom stereocenters. The van der Waals surface area contributed by atoms with Crippen LogP contribution < -0.4 is 16.0 Å². The van der Waals surface area contributed by atoms with Gasteiger partial charge in [-0.15, -0.1) is 11.8 Å². The molecule has 0 aliphatic heterocycles. The molecule has 5 nitrogen and oxygen atoms in total. The van der Waals surface area contributed by atoms with Crippen molar-refractivity contribution in [2.75, 3.05) is 16.0 Å². The van der Waals surface area contributed by atoms with Crippen molar-refractivity contribution in [3.63, 3.8) is 0 Å². The van der Waals surface area contributed by atoms with Crippen LogP contribution >= 0.6 is 11.8 Å². The van der Waals surface area contributed by atoms with Crippen molar-refractivity contribution in [3.8, 4) is 0 Å². The number of anilines is 3. The zero-order valence-corrected chi connectivity index (χ0v) is 18.0. The van der Waals surface area contributed by atoms with Gasteiger partial charge < -0.3 is 16.0 Å². The Morgan fingerprint density at radius 3 is 1.97 bits per heavy atom. The first-order valence-electron chi connectivity index (χ1n) is 9.68. The smallest absolute Gasteiger partial charge is 0.323 e. The third-order valence-electron chi connectivity index (χ3n) is 4.60. The molecule has 0 bridgehead atoms. The third-order valence-corrected chi connectivity index (χ3v) is 5.71. The molecule has 30 heavy (non-hydrogen) atoms. The molecular formula is C24H25N3O2S. The number of amides is 3. The van der Waals surface area contributed by atoms with Crippen LogP contribution in [0, 0.1) is 13.8 Å². The fourth-order valence-electron chi connectivity index (χ4n) is 2.75. The highest BCUT2D eigenvalue weighted by atomic mass is 32.2. The minimum atomic E-state index is -0.303. The standard InChI is InChI=1S/C24H25N3O2S/c1-16-9-10-21(15-17(16)2)25-23(28)18(3)30-22-13-11-20(12-14-22)27-24(29)26-19-7-5-4-6-8-19/h4-15,18H,1-3H3,(H,25,28)(H2,26,27,29). The number of rotatable bonds is 6. The average Bonchev–Trinajstić information content (AvgIpc) is 2.73. The van der Waals surface area contributed by atoms with E-state index in [-0.39, 0.29) is 17.2 Å². The number of nitrogens with one attached hydrogen (secondary N) is 3. The fourth-order valence-corrected chi connectivity index (χ4v) is 3.62. The summed E-state index contributed by atoms with van der Waals surface area (Å²) in [6.07, 6.45) is 0. The van der Waals surface area contributed by atoms with E-state index in [0.717, 1.165) is 21.8 Å². The van der Waals surface area contributed by atoms with Crippen molar-refractivity contribution >= 4 is 40.8 Å². The van der Waals surface area contributed by atoms with Crippen LogP contribution in [-0.4, -0.2) is 17.2 Å². The Morgan fingerprint density at radius 1 is 0.733 bits per heavy atom. The lowest BCUT2D eigenvalue weighted by Gasteiger charge is -2.13. The Hall–Kier alpha value is -3.25. The summed E-state index contributed by atoms with van der Waals surface area (Å²) in [5.41, 5.74) is 4.55. The van der Waals surface area contributed by atoms with Crippen molar-refractivity contribution in [1.29, 1.82) is 0 Å². The SMILES string of the molecule is Cc1ccc(NC(=O)C(C)Sc2ccc(NC(=O)Nc3ccccc3)cc2)cc1C. The van der Waals surface area contributed by atoms with E-state index in [4.69, 9.17) is 0 Å². The molecule has 3 amide bonds. The Labute approximate surface area is 181 Å². The molecule has 0 saturated carbocycles. The molecule has 0 fully saturated rings. The molecule has 3 aromatic rings. The number of thioether (sulfide) groups is 1. The van der Waals surface area contributed by atoms with Crippen LogP contribution in [0.4, 0.5) is 21.9 Å². The number of para-hydroxylation sites is 1. The second kappa shape index (κ2) is 9.98. The number of benzene rings is 3. The number of carbonyl (C=O) groups excluding carboxylic acids is 2. The van der Waals surface area contributed by atoms with Crippen molar-refractivity contribution in [1.82, 2.24) is 0 Å². The molecule has 0 heterocycles. The van der Waals surface area contributed by atoms with Crippen LogP contribution in [0.2, 0.25) is 0 Å². The molecule has 3 rings (SSSR count). The molecule has 154 valence electrons. The third kappa shape index (κ3) is 6.12. The van der Waals surface area contributed by atoms with Gasteiger partial charge in [0.15, 0.2) is 0 Å². The first-order valence-corrected chi connectivity index (χ1v) is 10.6. The highest BCUT2D eigenvalue weighted by molar-refractivity contribution is 8.00. The predicted molar refractivity (Wildman–Crippen MR) is 125 cm³/mol. The zero-order chi connectivity index (χ0) is 21.5. The fraction of sp³-hybridized carbons (Fsp3) is 0.167. The van der Waals surface area contributed by atoms with Crippen molar-refractivity contribution in [2.45, 2.75) is 30.9 Å². The molecule has 0 radical (unpaired) electrons. The number of hydrogen-bond acceptors (Lipinski definition) is 3. The van der Waals surface area contributed by atoms with Crippen LogP contribution in [0.1, 0.15) is 18.1 Å². The van der Waals surface area contributed by atoms with Gasteiger partial charge in [-0.2, -0.15) is 0 Å². The van der Waals surface area contributed by atoms with Crippen LogP contribution in [0.5, 0.6) is 0 Å². The molecule has 0 aromatic heterocycles. The Morgan fingerprint density at radius 2 is 1.33 bits per heavy atom. The molecule has 0 aliphatic rings. The summed E-state index contributed by atoms with van der Waals surface area (Å²) in [5, 5.41) is 8.28. The Kier molecular flexibility index (Phi) is 7.14. The van der Waals surface area contributed by atoms with Crippen molar-refractivity contribution in [2.24, 2.45) is 0 Å². The molecule has 0 saturated heterocycles. The van der Waals surface area contributed by atoms with Crippen LogP contribution in [-0.2, 0) is 4.79 Å². The summed E-state index contributed by atoms with van der Waals surface area (Å²) < 4.78 is 0. The summed E-state index contributed by atoms with van der Waals surface area (Å²) in [7, 11) is 0. The minimum absolute atomic E-state index is 0.0484. The van der Waals surface area contributed by atoms with Crippen molar-refractivity contribution in [3.05, 3.63) is 83.9 Å². The van der Waals surface area contributed by atoms with Gasteiger partial charge in [-0.25, -0.2) is 4.79 Å². The molecule has 6 heteroatoms. The summed E-state index contributed by atoms with van der Waals surface area (Å²) in [4.78, 5) is 25.5. The highest BCUT2D eigenvalue weighted by Crippen LogP contribution is 2.26. The number of hydrogen-bond donors (Lipinski definition) is 3. The Balaban J connectivity index is 1.52. The molecular weight excluding hydrogens is 394 g/mol. The maximum absolute atomic E-state index is 12.5. The van der Waals surface area contributed by atoms with Crippen LogP contribution in [0.3, 0.4) is 0 Å². The van der Waals surface area contributed by atoms with Gasteiger partial charge in [0.1, 0.15) is 0 Å². The van der Waals surface area contributed by atoms with Gasteiger partial charge in [0.05, 0.1) is 5.25 Å². The average molecular weight is 420 g/mol. The molecule has 3 N–H and O–H groups in total. The summed E-state index contributed by atoms with van der Waals surface area (Å²) in [6, 6.07) is 22.3. The summed E-state index contributed by atoms with van der Waals surface area (Å²) in [6.45, 7) is 5.95. The monoisotopic (exact) mass is 419 g/mol. The zero-order valence-electron chi connectivity index (χ0n) is 17.2. The van der Waals surface area contributed by atoms with Gasteiger partial charge in [0.25, 0.3) is 0 Å². The lowest BCUT2D eigenvalue weighted by Crippen LogP contribution is -2.22.